The van der Waals surface area contributed by atoms with Gasteiger partial charge in [-0.15, -0.1) is 0 Å². The van der Waals surface area contributed by atoms with Crippen LogP contribution in [0.2, 0.25) is 5.02 Å². The third-order valence-electron chi connectivity index (χ3n) is 6.45. The van der Waals surface area contributed by atoms with E-state index in [1.807, 2.05) is 18.3 Å². The zero-order valence-electron chi connectivity index (χ0n) is 18.1. The maximum Gasteiger partial charge on any atom is 0.257 e. The van der Waals surface area contributed by atoms with E-state index < -0.39 is 10.0 Å². The first-order chi connectivity index (χ1) is 15.9. The molecular formula is C23H25ClN4O4S. The summed E-state index contributed by atoms with van der Waals surface area (Å²) >= 11 is 6.14. The Hall–Kier alpha value is -2.46. The van der Waals surface area contributed by atoms with Crippen molar-refractivity contribution < 1.29 is 17.9 Å². The molecule has 0 aliphatic carbocycles. The molecule has 0 unspecified atom stereocenters. The molecule has 2 saturated heterocycles. The molecule has 1 aromatic carbocycles. The Labute approximate surface area is 197 Å². The number of pyridine rings is 1. The molecule has 5 rings (SSSR count). The normalized spacial score (nSPS) is 18.6. The van der Waals surface area contributed by atoms with Crippen LogP contribution in [-0.2, 0) is 14.8 Å². The smallest absolute Gasteiger partial charge is 0.257 e. The van der Waals surface area contributed by atoms with Crippen molar-refractivity contribution in [3.8, 4) is 0 Å². The molecule has 2 aromatic heterocycles. The number of piperidine rings is 1. The Bertz CT molecular complexity index is 1280. The van der Waals surface area contributed by atoms with Crippen molar-refractivity contribution in [2.45, 2.75) is 23.7 Å². The number of rotatable bonds is 4. The lowest BCUT2D eigenvalue weighted by molar-refractivity contribution is 0.0304. The number of carbonyl (C=O) groups is 1. The van der Waals surface area contributed by atoms with E-state index in [9.17, 15) is 13.2 Å². The molecule has 2 fully saturated rings. The Morgan fingerprint density at radius 2 is 1.79 bits per heavy atom. The van der Waals surface area contributed by atoms with Crippen LogP contribution in [0, 0.1) is 0 Å². The van der Waals surface area contributed by atoms with E-state index in [1.165, 1.54) is 4.31 Å². The van der Waals surface area contributed by atoms with Crippen molar-refractivity contribution in [1.29, 1.82) is 0 Å². The van der Waals surface area contributed by atoms with Gasteiger partial charge in [0.15, 0.2) is 0 Å². The Morgan fingerprint density at radius 3 is 2.52 bits per heavy atom. The molecular weight excluding hydrogens is 464 g/mol. The molecule has 33 heavy (non-hydrogen) atoms. The molecule has 0 spiro atoms. The van der Waals surface area contributed by atoms with Gasteiger partial charge in [-0.1, -0.05) is 23.7 Å². The Balaban J connectivity index is 1.34. The minimum absolute atomic E-state index is 0.0360. The summed E-state index contributed by atoms with van der Waals surface area (Å²) in [7, 11) is -3.63. The average molecular weight is 489 g/mol. The summed E-state index contributed by atoms with van der Waals surface area (Å²) in [6, 6.07) is 10.6. The van der Waals surface area contributed by atoms with Gasteiger partial charge in [0.1, 0.15) is 4.90 Å². The number of ether oxygens (including phenoxy) is 1. The highest BCUT2D eigenvalue weighted by Gasteiger charge is 2.31. The fourth-order valence-corrected chi connectivity index (χ4v) is 6.54. The third kappa shape index (κ3) is 4.26. The largest absolute Gasteiger partial charge is 0.378 e. The molecule has 1 amide bonds. The van der Waals surface area contributed by atoms with Crippen molar-refractivity contribution in [3.05, 3.63) is 64.9 Å². The second-order valence-electron chi connectivity index (χ2n) is 8.36. The fraction of sp³-hybridized carbons (Fsp3) is 0.391. The van der Waals surface area contributed by atoms with Crippen molar-refractivity contribution in [2.24, 2.45) is 0 Å². The van der Waals surface area contributed by atoms with Crippen LogP contribution in [-0.4, -0.2) is 72.5 Å². The SMILES string of the molecule is O=C(c1cnn2ccc(C3CCN(S(=O)(=O)c4ccccc4Cl)CC3)cc12)N1CCOCC1. The molecule has 0 radical (unpaired) electrons. The van der Waals surface area contributed by atoms with Crippen LogP contribution in [0.15, 0.2) is 53.7 Å². The van der Waals surface area contributed by atoms with Gasteiger partial charge in [-0.25, -0.2) is 12.9 Å². The average Bonchev–Trinajstić information content (AvgIpc) is 3.27. The number of carbonyl (C=O) groups excluding carboxylic acids is 1. The highest BCUT2D eigenvalue weighted by Crippen LogP contribution is 2.33. The molecule has 174 valence electrons. The fourth-order valence-electron chi connectivity index (χ4n) is 4.58. The van der Waals surface area contributed by atoms with E-state index in [0.717, 1.165) is 11.1 Å². The molecule has 10 heteroatoms. The van der Waals surface area contributed by atoms with Gasteiger partial charge in [0.25, 0.3) is 5.91 Å². The summed E-state index contributed by atoms with van der Waals surface area (Å²) < 4.78 is 34.7. The van der Waals surface area contributed by atoms with Gasteiger partial charge in [-0.3, -0.25) is 4.79 Å². The number of aromatic nitrogens is 2. The van der Waals surface area contributed by atoms with Crippen LogP contribution in [0.4, 0.5) is 0 Å². The number of amides is 1. The first-order valence-corrected chi connectivity index (χ1v) is 12.9. The van der Waals surface area contributed by atoms with E-state index in [-0.39, 0.29) is 21.7 Å². The second kappa shape index (κ2) is 9.06. The predicted octanol–water partition coefficient (Wildman–Crippen LogP) is 3.03. The molecule has 0 saturated carbocycles. The highest BCUT2D eigenvalue weighted by atomic mass is 35.5. The van der Waals surface area contributed by atoms with Gasteiger partial charge in [0.05, 0.1) is 35.5 Å². The van der Waals surface area contributed by atoms with E-state index >= 15 is 0 Å². The lowest BCUT2D eigenvalue weighted by Gasteiger charge is -2.31. The Morgan fingerprint density at radius 1 is 1.06 bits per heavy atom. The van der Waals surface area contributed by atoms with Crippen LogP contribution in [0.3, 0.4) is 0 Å². The summed E-state index contributed by atoms with van der Waals surface area (Å²) in [5.41, 5.74) is 2.45. The lowest BCUT2D eigenvalue weighted by atomic mass is 9.90. The minimum Gasteiger partial charge on any atom is -0.378 e. The quantitative estimate of drug-likeness (QED) is 0.563. The standard InChI is InChI=1S/C23H25ClN4O4S/c24-20-3-1-2-4-22(20)33(30,31)27-8-5-17(6-9-27)18-7-10-28-21(15-18)19(16-25-28)23(29)26-11-13-32-14-12-26/h1-4,7,10,15-17H,5-6,8-9,11-14H2. The predicted molar refractivity (Wildman–Crippen MR) is 124 cm³/mol. The molecule has 0 bridgehead atoms. The number of benzene rings is 1. The zero-order valence-corrected chi connectivity index (χ0v) is 19.6. The zero-order chi connectivity index (χ0) is 23.0. The number of nitrogens with zero attached hydrogens (tertiary/aromatic N) is 4. The van der Waals surface area contributed by atoms with Crippen molar-refractivity contribution in [1.82, 2.24) is 18.8 Å². The summed E-state index contributed by atoms with van der Waals surface area (Å²) in [6.07, 6.45) is 4.88. The van der Waals surface area contributed by atoms with Crippen LogP contribution >= 0.6 is 11.6 Å². The van der Waals surface area contributed by atoms with Crippen LogP contribution < -0.4 is 0 Å². The van der Waals surface area contributed by atoms with Crippen molar-refractivity contribution >= 4 is 33.0 Å². The van der Waals surface area contributed by atoms with E-state index in [0.29, 0.717) is 57.8 Å². The summed E-state index contributed by atoms with van der Waals surface area (Å²) in [6.45, 7) is 3.09. The lowest BCUT2D eigenvalue weighted by Crippen LogP contribution is -2.40. The highest BCUT2D eigenvalue weighted by molar-refractivity contribution is 7.89. The third-order valence-corrected chi connectivity index (χ3v) is 8.85. The van der Waals surface area contributed by atoms with E-state index in [4.69, 9.17) is 16.3 Å². The number of sulfonamides is 1. The molecule has 0 atom stereocenters. The topological polar surface area (TPSA) is 84.2 Å². The van der Waals surface area contributed by atoms with Gasteiger partial charge in [0.2, 0.25) is 10.0 Å². The maximum atomic E-state index is 13.0. The van der Waals surface area contributed by atoms with Gasteiger partial charge in [-0.2, -0.15) is 9.40 Å². The molecule has 3 aromatic rings. The van der Waals surface area contributed by atoms with Gasteiger partial charge in [-0.05, 0) is 48.6 Å². The maximum absolute atomic E-state index is 13.0. The Kier molecular flexibility index (Phi) is 6.13. The summed E-state index contributed by atoms with van der Waals surface area (Å²) in [4.78, 5) is 15.0. The summed E-state index contributed by atoms with van der Waals surface area (Å²) in [5.74, 6) is 0.167. The molecule has 2 aliphatic rings. The van der Waals surface area contributed by atoms with Gasteiger partial charge >= 0.3 is 0 Å². The minimum atomic E-state index is -3.63. The van der Waals surface area contributed by atoms with Crippen LogP contribution in [0.1, 0.15) is 34.7 Å². The van der Waals surface area contributed by atoms with Gasteiger partial charge in [0, 0.05) is 32.4 Å². The van der Waals surface area contributed by atoms with E-state index in [1.54, 1.807) is 39.9 Å². The van der Waals surface area contributed by atoms with Crippen molar-refractivity contribution in [2.75, 3.05) is 39.4 Å². The molecule has 2 aliphatic heterocycles. The second-order valence-corrected chi connectivity index (χ2v) is 10.7. The number of fused-ring (bicyclic) bond motifs is 1. The molecule has 4 heterocycles. The number of hydrogen-bond acceptors (Lipinski definition) is 5. The first kappa shape index (κ1) is 22.3. The van der Waals surface area contributed by atoms with Crippen LogP contribution in [0.5, 0.6) is 0 Å². The number of morpholine rings is 1. The first-order valence-electron chi connectivity index (χ1n) is 11.0. The summed E-state index contributed by atoms with van der Waals surface area (Å²) in [5, 5.41) is 4.58. The monoisotopic (exact) mass is 488 g/mol. The number of hydrogen-bond donors (Lipinski definition) is 0. The van der Waals surface area contributed by atoms with E-state index in [2.05, 4.69) is 5.10 Å². The van der Waals surface area contributed by atoms with Gasteiger partial charge < -0.3 is 9.64 Å². The number of halogens is 1. The molecule has 0 N–H and O–H groups in total. The van der Waals surface area contributed by atoms with Crippen LogP contribution in [0.25, 0.3) is 5.52 Å². The van der Waals surface area contributed by atoms with Crippen molar-refractivity contribution in [3.63, 3.8) is 0 Å². The molecule has 8 nitrogen and oxygen atoms in total.